The highest BCUT2D eigenvalue weighted by molar-refractivity contribution is 8.15. The lowest BCUT2D eigenvalue weighted by atomic mass is 10.1. The smallest absolute Gasteiger partial charge is 0.333 e. The minimum absolute atomic E-state index is 0.0298. The van der Waals surface area contributed by atoms with E-state index in [0.717, 1.165) is 58.8 Å². The first kappa shape index (κ1) is 21.9. The molecule has 0 radical (unpaired) electrons. The number of hydrogen-bond acceptors (Lipinski definition) is 6. The van der Waals surface area contributed by atoms with Gasteiger partial charge in [-0.1, -0.05) is 23.9 Å². The summed E-state index contributed by atoms with van der Waals surface area (Å²) in [4.78, 5) is 44.0. The molecule has 2 heterocycles. The van der Waals surface area contributed by atoms with Crippen LogP contribution in [-0.2, 0) is 18.9 Å². The zero-order valence-electron chi connectivity index (χ0n) is 17.4. The minimum Gasteiger partial charge on any atom is -0.494 e. The average molecular weight is 431 g/mol. The molecule has 1 aromatic heterocycles. The molecule has 1 amide bonds. The summed E-state index contributed by atoms with van der Waals surface area (Å²) in [5.41, 5.74) is 0.212. The third-order valence-corrected chi connectivity index (χ3v) is 6.08. The van der Waals surface area contributed by atoms with Crippen LogP contribution >= 0.6 is 11.8 Å². The van der Waals surface area contributed by atoms with Crippen molar-refractivity contribution in [1.29, 1.82) is 0 Å². The number of benzene rings is 1. The van der Waals surface area contributed by atoms with Gasteiger partial charge in [0.25, 0.3) is 5.56 Å². The highest BCUT2D eigenvalue weighted by Gasteiger charge is 2.23. The van der Waals surface area contributed by atoms with Crippen LogP contribution in [0.4, 0.5) is 5.69 Å². The summed E-state index contributed by atoms with van der Waals surface area (Å²) in [6.07, 6.45) is 3.10. The molecule has 0 spiro atoms. The van der Waals surface area contributed by atoms with Crippen LogP contribution in [-0.4, -0.2) is 48.9 Å². The van der Waals surface area contributed by atoms with Crippen LogP contribution in [0.2, 0.25) is 0 Å². The van der Waals surface area contributed by atoms with Crippen molar-refractivity contribution in [3.63, 3.8) is 0 Å². The molecule has 1 fully saturated rings. The molecular weight excluding hydrogens is 404 g/mol. The van der Waals surface area contributed by atoms with Crippen LogP contribution in [0, 0.1) is 6.92 Å². The molecule has 160 valence electrons. The highest BCUT2D eigenvalue weighted by Crippen LogP contribution is 2.24. The zero-order valence-corrected chi connectivity index (χ0v) is 18.2. The van der Waals surface area contributed by atoms with E-state index in [2.05, 4.69) is 4.99 Å². The van der Waals surface area contributed by atoms with E-state index in [4.69, 9.17) is 0 Å². The minimum atomic E-state index is -0.653. The summed E-state index contributed by atoms with van der Waals surface area (Å²) < 4.78 is 1.92. The van der Waals surface area contributed by atoms with Gasteiger partial charge in [-0.05, 0) is 43.9 Å². The molecular formula is C21H26N4O4S. The fourth-order valence-corrected chi connectivity index (χ4v) is 4.30. The quantitative estimate of drug-likeness (QED) is 0.591. The van der Waals surface area contributed by atoms with Gasteiger partial charge in [-0.2, -0.15) is 0 Å². The first-order valence-corrected chi connectivity index (χ1v) is 10.8. The van der Waals surface area contributed by atoms with Crippen LogP contribution in [0.25, 0.3) is 0 Å². The predicted molar refractivity (Wildman–Crippen MR) is 119 cm³/mol. The van der Waals surface area contributed by atoms with Gasteiger partial charge in [-0.15, -0.1) is 0 Å². The summed E-state index contributed by atoms with van der Waals surface area (Å²) >= 11 is 1.10. The number of hydrogen-bond donors (Lipinski definition) is 1. The number of thioether (sulfide) groups is 1. The number of amides is 1. The van der Waals surface area contributed by atoms with Crippen molar-refractivity contribution in [2.75, 3.05) is 18.8 Å². The molecule has 1 aliphatic rings. The standard InChI is InChI=1S/C21H26N4O4S/c1-14-8-7-9-15(12-14)22-18(30-13-16(26)25-10-5-4-6-11-25)17-19(27)23(2)21(29)24(3)20(17)28/h7-9,12,27H,4-6,10-11,13H2,1-3H3. The molecule has 0 saturated carbocycles. The fourth-order valence-electron chi connectivity index (χ4n) is 3.36. The highest BCUT2D eigenvalue weighted by atomic mass is 32.2. The Bertz CT molecular complexity index is 1100. The largest absolute Gasteiger partial charge is 0.494 e. The molecule has 1 N–H and O–H groups in total. The number of aryl methyl sites for hydroxylation is 1. The van der Waals surface area contributed by atoms with Gasteiger partial charge in [0, 0.05) is 27.2 Å². The Morgan fingerprint density at radius 3 is 2.50 bits per heavy atom. The summed E-state index contributed by atoms with van der Waals surface area (Å²) in [5, 5.41) is 10.8. The Kier molecular flexibility index (Phi) is 6.81. The van der Waals surface area contributed by atoms with E-state index in [-0.39, 0.29) is 22.3 Å². The maximum Gasteiger partial charge on any atom is 0.333 e. The molecule has 3 rings (SSSR count). The van der Waals surface area contributed by atoms with Crippen molar-refractivity contribution in [1.82, 2.24) is 14.0 Å². The third kappa shape index (κ3) is 4.67. The first-order chi connectivity index (χ1) is 14.3. The van der Waals surface area contributed by atoms with Gasteiger partial charge < -0.3 is 10.0 Å². The lowest BCUT2D eigenvalue weighted by Crippen LogP contribution is -2.40. The first-order valence-electron chi connectivity index (χ1n) is 9.85. The number of carbonyl (C=O) groups excluding carboxylic acids is 1. The SMILES string of the molecule is Cc1cccc(N=C(SCC(=O)N2CCCCC2)c2c(O)n(C)c(=O)n(C)c2=O)c1. The van der Waals surface area contributed by atoms with Crippen molar-refractivity contribution in [2.45, 2.75) is 26.2 Å². The number of aromatic hydroxyl groups is 1. The summed E-state index contributed by atoms with van der Waals surface area (Å²) in [6.45, 7) is 3.39. The molecule has 0 bridgehead atoms. The maximum absolute atomic E-state index is 12.8. The van der Waals surface area contributed by atoms with E-state index >= 15 is 0 Å². The third-order valence-electron chi connectivity index (χ3n) is 5.12. The maximum atomic E-state index is 12.8. The molecule has 0 atom stereocenters. The van der Waals surface area contributed by atoms with Gasteiger partial charge in [-0.3, -0.25) is 18.7 Å². The van der Waals surface area contributed by atoms with E-state index in [0.29, 0.717) is 5.69 Å². The van der Waals surface area contributed by atoms with Gasteiger partial charge >= 0.3 is 5.69 Å². The number of rotatable bonds is 4. The van der Waals surface area contributed by atoms with Gasteiger partial charge in [0.2, 0.25) is 11.8 Å². The van der Waals surface area contributed by atoms with Crippen molar-refractivity contribution in [3.05, 3.63) is 56.2 Å². The van der Waals surface area contributed by atoms with Crippen molar-refractivity contribution in [3.8, 4) is 5.88 Å². The number of likely N-dealkylation sites (tertiary alicyclic amines) is 1. The number of aliphatic imine (C=N–C) groups is 1. The van der Waals surface area contributed by atoms with Crippen molar-refractivity contribution >= 4 is 28.4 Å². The topological polar surface area (TPSA) is 96.9 Å². The van der Waals surface area contributed by atoms with E-state index in [1.807, 2.05) is 30.0 Å². The molecule has 30 heavy (non-hydrogen) atoms. The zero-order chi connectivity index (χ0) is 21.8. The van der Waals surface area contributed by atoms with Crippen LogP contribution in [0.1, 0.15) is 30.4 Å². The molecule has 1 aromatic carbocycles. The number of nitrogens with zero attached hydrogens (tertiary/aromatic N) is 4. The summed E-state index contributed by atoms with van der Waals surface area (Å²) in [7, 11) is 2.73. The lowest BCUT2D eigenvalue weighted by Gasteiger charge is -2.26. The van der Waals surface area contributed by atoms with E-state index in [1.165, 1.54) is 14.1 Å². The van der Waals surface area contributed by atoms with Crippen LogP contribution in [0.15, 0.2) is 38.8 Å². The van der Waals surface area contributed by atoms with Gasteiger partial charge in [-0.25, -0.2) is 9.79 Å². The van der Waals surface area contributed by atoms with Crippen molar-refractivity contribution < 1.29 is 9.90 Å². The van der Waals surface area contributed by atoms with E-state index in [1.54, 1.807) is 6.07 Å². The van der Waals surface area contributed by atoms with E-state index < -0.39 is 17.1 Å². The lowest BCUT2D eigenvalue weighted by molar-refractivity contribution is -0.129. The summed E-state index contributed by atoms with van der Waals surface area (Å²) in [5.74, 6) is -0.402. The average Bonchev–Trinajstić information content (AvgIpc) is 2.75. The predicted octanol–water partition coefficient (Wildman–Crippen LogP) is 1.92. The molecule has 0 unspecified atom stereocenters. The Morgan fingerprint density at radius 1 is 1.13 bits per heavy atom. The van der Waals surface area contributed by atoms with Crippen LogP contribution in [0.5, 0.6) is 5.88 Å². The Morgan fingerprint density at radius 2 is 1.83 bits per heavy atom. The second-order valence-electron chi connectivity index (χ2n) is 7.39. The molecule has 8 nitrogen and oxygen atoms in total. The van der Waals surface area contributed by atoms with Gasteiger partial charge in [0.1, 0.15) is 10.6 Å². The Hall–Kier alpha value is -2.81. The summed E-state index contributed by atoms with van der Waals surface area (Å²) in [6, 6.07) is 7.39. The molecule has 2 aromatic rings. The van der Waals surface area contributed by atoms with E-state index in [9.17, 15) is 19.5 Å². The number of piperidine rings is 1. The fraction of sp³-hybridized carbons (Fsp3) is 0.429. The Balaban J connectivity index is 2.02. The Labute approximate surface area is 178 Å². The second-order valence-corrected chi connectivity index (χ2v) is 8.35. The second kappa shape index (κ2) is 9.34. The molecule has 0 aliphatic carbocycles. The number of aromatic nitrogens is 2. The molecule has 9 heteroatoms. The van der Waals surface area contributed by atoms with Crippen LogP contribution in [0.3, 0.4) is 0 Å². The molecule has 1 aliphatic heterocycles. The molecule has 1 saturated heterocycles. The van der Waals surface area contributed by atoms with Crippen molar-refractivity contribution in [2.24, 2.45) is 19.1 Å². The normalized spacial score (nSPS) is 14.8. The monoisotopic (exact) mass is 430 g/mol. The van der Waals surface area contributed by atoms with Gasteiger partial charge in [0.15, 0.2) is 0 Å². The van der Waals surface area contributed by atoms with Gasteiger partial charge in [0.05, 0.1) is 11.4 Å². The number of carbonyl (C=O) groups is 1. The van der Waals surface area contributed by atoms with Crippen LogP contribution < -0.4 is 11.2 Å².